The Morgan fingerprint density at radius 3 is 1.52 bits per heavy atom. The van der Waals surface area contributed by atoms with Gasteiger partial charge in [-0.3, -0.25) is 4.79 Å². The van der Waals surface area contributed by atoms with Crippen LogP contribution in [0.15, 0.2) is 0 Å². The molecule has 0 N–H and O–H groups in total. The van der Waals surface area contributed by atoms with Crippen LogP contribution in [0.25, 0.3) is 0 Å². The molecule has 0 saturated heterocycles. The highest BCUT2D eigenvalue weighted by Gasteiger charge is 2.02. The lowest BCUT2D eigenvalue weighted by Gasteiger charge is -2.07. The van der Waals surface area contributed by atoms with E-state index in [0.717, 1.165) is 25.9 Å². The van der Waals surface area contributed by atoms with E-state index in [2.05, 4.69) is 13.8 Å². The fourth-order valence-corrected chi connectivity index (χ4v) is 2.32. The number of hydrogen-bond donors (Lipinski definition) is 0. The van der Waals surface area contributed by atoms with Gasteiger partial charge >= 0.3 is 5.97 Å². The van der Waals surface area contributed by atoms with Gasteiger partial charge in [0.2, 0.25) is 0 Å². The third kappa shape index (κ3) is 23.3. The number of unbranched alkanes of at least 4 members (excludes halogenated alkanes) is 5. The average Bonchev–Trinajstić information content (AvgIpc) is 2.67. The SMILES string of the molecule is CCCCCCOC(=O)CCCOCCOCCOCCOCCCCC. The molecule has 0 aromatic rings. The first-order valence-corrected chi connectivity index (χ1v) is 10.8. The van der Waals surface area contributed by atoms with Crippen molar-refractivity contribution in [1.82, 2.24) is 0 Å². The molecule has 0 rings (SSSR count). The van der Waals surface area contributed by atoms with E-state index in [9.17, 15) is 4.79 Å². The molecule has 0 unspecified atom stereocenters. The van der Waals surface area contributed by atoms with Crippen molar-refractivity contribution in [2.24, 2.45) is 0 Å². The van der Waals surface area contributed by atoms with Crippen LogP contribution in [0.2, 0.25) is 0 Å². The summed E-state index contributed by atoms with van der Waals surface area (Å²) < 4.78 is 26.9. The van der Waals surface area contributed by atoms with Crippen molar-refractivity contribution in [2.75, 3.05) is 59.5 Å². The predicted molar refractivity (Wildman–Crippen MR) is 107 cm³/mol. The first-order valence-electron chi connectivity index (χ1n) is 10.8. The van der Waals surface area contributed by atoms with Crippen LogP contribution in [-0.4, -0.2) is 65.4 Å². The van der Waals surface area contributed by atoms with E-state index in [0.29, 0.717) is 65.7 Å². The minimum Gasteiger partial charge on any atom is -0.466 e. The zero-order valence-corrected chi connectivity index (χ0v) is 17.7. The molecule has 6 heteroatoms. The van der Waals surface area contributed by atoms with Crippen LogP contribution in [0, 0.1) is 0 Å². The third-order valence-electron chi connectivity index (χ3n) is 3.94. The molecule has 0 fully saturated rings. The van der Waals surface area contributed by atoms with Gasteiger partial charge in [-0.25, -0.2) is 0 Å². The molecule has 0 aliphatic carbocycles. The second kappa shape index (κ2) is 23.3. The molecule has 0 radical (unpaired) electrons. The van der Waals surface area contributed by atoms with Crippen LogP contribution in [0.4, 0.5) is 0 Å². The van der Waals surface area contributed by atoms with Gasteiger partial charge in [0, 0.05) is 19.6 Å². The topological polar surface area (TPSA) is 63.2 Å². The Balaban J connectivity index is 3.09. The highest BCUT2D eigenvalue weighted by Crippen LogP contribution is 2.01. The van der Waals surface area contributed by atoms with Crippen molar-refractivity contribution in [3.8, 4) is 0 Å². The molecule has 27 heavy (non-hydrogen) atoms. The highest BCUT2D eigenvalue weighted by atomic mass is 16.6. The summed E-state index contributed by atoms with van der Waals surface area (Å²) in [5, 5.41) is 0. The summed E-state index contributed by atoms with van der Waals surface area (Å²) in [5.41, 5.74) is 0. The van der Waals surface area contributed by atoms with Crippen molar-refractivity contribution in [3.05, 3.63) is 0 Å². The standard InChI is InChI=1S/C21H42O6/c1-3-5-7-9-14-27-21(22)11-10-13-24-16-18-26-20-19-25-17-15-23-12-8-6-4-2/h3-20H2,1-2H3. The summed E-state index contributed by atoms with van der Waals surface area (Å²) in [6.07, 6.45) is 9.15. The Hall–Kier alpha value is -0.690. The number of rotatable bonds is 22. The summed E-state index contributed by atoms with van der Waals surface area (Å²) in [6.45, 7) is 9.73. The molecular formula is C21H42O6. The highest BCUT2D eigenvalue weighted by molar-refractivity contribution is 5.69. The van der Waals surface area contributed by atoms with Crippen LogP contribution in [0.3, 0.4) is 0 Å². The van der Waals surface area contributed by atoms with Crippen molar-refractivity contribution in [3.63, 3.8) is 0 Å². The number of ether oxygens (including phenoxy) is 5. The first-order chi connectivity index (χ1) is 13.3. The fourth-order valence-electron chi connectivity index (χ4n) is 2.32. The van der Waals surface area contributed by atoms with E-state index in [4.69, 9.17) is 23.7 Å². The van der Waals surface area contributed by atoms with Gasteiger partial charge in [0.25, 0.3) is 0 Å². The van der Waals surface area contributed by atoms with E-state index in [1.54, 1.807) is 0 Å². The van der Waals surface area contributed by atoms with Gasteiger partial charge in [-0.2, -0.15) is 0 Å². The second-order valence-electron chi connectivity index (χ2n) is 6.54. The van der Waals surface area contributed by atoms with Gasteiger partial charge in [-0.15, -0.1) is 0 Å². The second-order valence-corrected chi connectivity index (χ2v) is 6.54. The fraction of sp³-hybridized carbons (Fsp3) is 0.952. The molecule has 0 bridgehead atoms. The van der Waals surface area contributed by atoms with Crippen molar-refractivity contribution in [1.29, 1.82) is 0 Å². The largest absolute Gasteiger partial charge is 0.466 e. The Morgan fingerprint density at radius 2 is 0.963 bits per heavy atom. The Morgan fingerprint density at radius 1 is 0.519 bits per heavy atom. The van der Waals surface area contributed by atoms with E-state index < -0.39 is 0 Å². The molecule has 0 aliphatic rings. The van der Waals surface area contributed by atoms with Crippen LogP contribution in [0.1, 0.15) is 71.6 Å². The zero-order chi connectivity index (χ0) is 19.8. The molecule has 6 nitrogen and oxygen atoms in total. The van der Waals surface area contributed by atoms with E-state index in [-0.39, 0.29) is 5.97 Å². The molecule has 0 aliphatic heterocycles. The molecule has 0 aromatic heterocycles. The molecule has 0 atom stereocenters. The van der Waals surface area contributed by atoms with Crippen molar-refractivity contribution in [2.45, 2.75) is 71.6 Å². The van der Waals surface area contributed by atoms with Crippen LogP contribution in [-0.2, 0) is 28.5 Å². The molecular weight excluding hydrogens is 348 g/mol. The third-order valence-corrected chi connectivity index (χ3v) is 3.94. The zero-order valence-electron chi connectivity index (χ0n) is 17.7. The smallest absolute Gasteiger partial charge is 0.305 e. The molecule has 0 spiro atoms. The molecule has 0 heterocycles. The number of hydrogen-bond acceptors (Lipinski definition) is 6. The van der Waals surface area contributed by atoms with Crippen molar-refractivity contribution >= 4 is 5.97 Å². The summed E-state index contributed by atoms with van der Waals surface area (Å²) in [4.78, 5) is 11.5. The molecule has 0 amide bonds. The van der Waals surface area contributed by atoms with Gasteiger partial charge < -0.3 is 23.7 Å². The average molecular weight is 391 g/mol. The monoisotopic (exact) mass is 390 g/mol. The summed E-state index contributed by atoms with van der Waals surface area (Å²) in [5.74, 6) is -0.127. The summed E-state index contributed by atoms with van der Waals surface area (Å²) >= 11 is 0. The van der Waals surface area contributed by atoms with Gasteiger partial charge in [-0.1, -0.05) is 46.0 Å². The Kier molecular flexibility index (Phi) is 22.8. The molecule has 162 valence electrons. The minimum atomic E-state index is -0.127. The van der Waals surface area contributed by atoms with Gasteiger partial charge in [0.05, 0.1) is 46.2 Å². The maximum atomic E-state index is 11.5. The van der Waals surface area contributed by atoms with E-state index in [1.165, 1.54) is 25.7 Å². The maximum Gasteiger partial charge on any atom is 0.305 e. The lowest BCUT2D eigenvalue weighted by Crippen LogP contribution is -2.12. The summed E-state index contributed by atoms with van der Waals surface area (Å²) in [6, 6.07) is 0. The van der Waals surface area contributed by atoms with Crippen LogP contribution >= 0.6 is 0 Å². The number of carbonyl (C=O) groups excluding carboxylic acids is 1. The van der Waals surface area contributed by atoms with E-state index in [1.807, 2.05) is 0 Å². The maximum absolute atomic E-state index is 11.5. The Bertz CT molecular complexity index is 298. The van der Waals surface area contributed by atoms with Gasteiger partial charge in [0.15, 0.2) is 0 Å². The van der Waals surface area contributed by atoms with Gasteiger partial charge in [-0.05, 0) is 19.3 Å². The lowest BCUT2D eigenvalue weighted by molar-refractivity contribution is -0.144. The molecule has 0 saturated carbocycles. The normalized spacial score (nSPS) is 11.0. The van der Waals surface area contributed by atoms with Gasteiger partial charge in [0.1, 0.15) is 0 Å². The lowest BCUT2D eigenvalue weighted by atomic mass is 10.2. The number of carbonyl (C=O) groups is 1. The number of esters is 1. The van der Waals surface area contributed by atoms with Crippen LogP contribution in [0.5, 0.6) is 0 Å². The van der Waals surface area contributed by atoms with E-state index >= 15 is 0 Å². The van der Waals surface area contributed by atoms with Crippen molar-refractivity contribution < 1.29 is 28.5 Å². The molecule has 0 aromatic carbocycles. The minimum absolute atomic E-state index is 0.127. The Labute approximate surface area is 166 Å². The predicted octanol–water partition coefficient (Wildman–Crippen LogP) is 4.15. The van der Waals surface area contributed by atoms with Crippen LogP contribution < -0.4 is 0 Å². The summed E-state index contributed by atoms with van der Waals surface area (Å²) in [7, 11) is 0. The first kappa shape index (κ1) is 26.3. The quantitative estimate of drug-likeness (QED) is 0.204.